The van der Waals surface area contributed by atoms with E-state index in [1.54, 1.807) is 35.5 Å². The molecule has 0 unspecified atom stereocenters. The van der Waals surface area contributed by atoms with Crippen molar-refractivity contribution in [2.24, 2.45) is 5.92 Å². The minimum atomic E-state index is -0.219. The quantitative estimate of drug-likeness (QED) is 0.879. The van der Waals surface area contributed by atoms with Crippen molar-refractivity contribution < 1.29 is 19.4 Å². The fourth-order valence-electron chi connectivity index (χ4n) is 3.99. The molecule has 1 amide bonds. The Morgan fingerprint density at radius 3 is 3.00 bits per heavy atom. The molecule has 0 radical (unpaired) electrons. The molecule has 6 heteroatoms. The van der Waals surface area contributed by atoms with Gasteiger partial charge >= 0.3 is 0 Å². The first-order valence-electron chi connectivity index (χ1n) is 9.39. The van der Waals surface area contributed by atoms with Crippen molar-refractivity contribution in [1.29, 1.82) is 0 Å². The van der Waals surface area contributed by atoms with Crippen LogP contribution < -0.4 is 4.74 Å². The van der Waals surface area contributed by atoms with Crippen molar-refractivity contribution in [3.8, 4) is 11.5 Å². The number of likely N-dealkylation sites (tertiary alicyclic amines) is 1. The zero-order chi connectivity index (χ0) is 18.7. The summed E-state index contributed by atoms with van der Waals surface area (Å²) in [5.41, 5.74) is 0.297. The molecule has 1 spiro atoms. The molecule has 2 aromatic rings. The normalized spacial score (nSPS) is 20.9. The molecule has 4 rings (SSSR count). The second-order valence-electron chi connectivity index (χ2n) is 7.43. The molecule has 0 aliphatic carbocycles. The van der Waals surface area contributed by atoms with Crippen LogP contribution in [0, 0.1) is 5.92 Å². The van der Waals surface area contributed by atoms with Gasteiger partial charge in [0.15, 0.2) is 0 Å². The van der Waals surface area contributed by atoms with Crippen molar-refractivity contribution in [3.05, 3.63) is 54.4 Å². The van der Waals surface area contributed by atoms with Gasteiger partial charge in [-0.15, -0.1) is 0 Å². The number of ether oxygens (including phenoxy) is 2. The number of nitrogens with zero attached hydrogens (tertiary/aromatic N) is 2. The van der Waals surface area contributed by atoms with Crippen LogP contribution >= 0.6 is 0 Å². The van der Waals surface area contributed by atoms with Gasteiger partial charge < -0.3 is 19.5 Å². The molecule has 1 aromatic heterocycles. The average molecular weight is 368 g/mol. The van der Waals surface area contributed by atoms with Crippen LogP contribution in [0.2, 0.25) is 0 Å². The Morgan fingerprint density at radius 2 is 2.22 bits per heavy atom. The predicted octanol–water partition coefficient (Wildman–Crippen LogP) is 2.88. The number of phenolic OH excluding ortho intramolecular Hbond substituents is 1. The molecular weight excluding hydrogens is 344 g/mol. The van der Waals surface area contributed by atoms with E-state index in [-0.39, 0.29) is 17.3 Å². The van der Waals surface area contributed by atoms with E-state index in [1.165, 1.54) is 6.07 Å². The largest absolute Gasteiger partial charge is 0.508 e. The van der Waals surface area contributed by atoms with E-state index in [1.807, 2.05) is 12.1 Å². The number of hydrogen-bond acceptors (Lipinski definition) is 5. The lowest BCUT2D eigenvalue weighted by atomic mass is 9.79. The highest BCUT2D eigenvalue weighted by atomic mass is 16.5. The summed E-state index contributed by atoms with van der Waals surface area (Å²) in [6.45, 7) is 2.62. The standard InChI is InChI=1S/C21H24N2O4/c24-18-4-1-3-17(11-18)20(25)23-14-21(15-23)12-16(7-10-27-21)6-9-26-19-5-2-8-22-13-19/h1-5,8,11,13,16,24H,6-7,9-10,12,14-15H2/t16-/m1/s1. The van der Waals surface area contributed by atoms with Crippen LogP contribution in [0.25, 0.3) is 0 Å². The van der Waals surface area contributed by atoms with Crippen molar-refractivity contribution in [2.45, 2.75) is 24.9 Å². The number of aromatic hydroxyl groups is 1. The van der Waals surface area contributed by atoms with Crippen LogP contribution in [-0.4, -0.2) is 52.8 Å². The minimum Gasteiger partial charge on any atom is -0.508 e. The lowest BCUT2D eigenvalue weighted by Gasteiger charge is -2.53. The molecule has 2 aliphatic rings. The third-order valence-corrected chi connectivity index (χ3v) is 5.36. The first kappa shape index (κ1) is 17.8. The Labute approximate surface area is 158 Å². The number of benzene rings is 1. The van der Waals surface area contributed by atoms with Gasteiger partial charge in [0.1, 0.15) is 17.1 Å². The van der Waals surface area contributed by atoms with E-state index in [2.05, 4.69) is 4.98 Å². The molecule has 142 valence electrons. The van der Waals surface area contributed by atoms with Gasteiger partial charge in [-0.3, -0.25) is 9.78 Å². The maximum atomic E-state index is 12.5. The molecule has 27 heavy (non-hydrogen) atoms. The minimum absolute atomic E-state index is 0.0536. The fraction of sp³-hybridized carbons (Fsp3) is 0.429. The highest BCUT2D eigenvalue weighted by Gasteiger charge is 2.49. The Morgan fingerprint density at radius 1 is 1.33 bits per heavy atom. The van der Waals surface area contributed by atoms with Gasteiger partial charge in [-0.2, -0.15) is 0 Å². The second-order valence-corrected chi connectivity index (χ2v) is 7.43. The number of amides is 1. The summed E-state index contributed by atoms with van der Waals surface area (Å²) < 4.78 is 11.8. The molecule has 2 saturated heterocycles. The number of carbonyl (C=O) groups excluding carboxylic acids is 1. The highest BCUT2D eigenvalue weighted by Crippen LogP contribution is 2.38. The summed E-state index contributed by atoms with van der Waals surface area (Å²) in [4.78, 5) is 18.4. The number of aromatic nitrogens is 1. The van der Waals surface area contributed by atoms with Crippen LogP contribution in [0.4, 0.5) is 0 Å². The molecule has 1 atom stereocenters. The van der Waals surface area contributed by atoms with Crippen molar-refractivity contribution >= 4 is 5.91 Å². The van der Waals surface area contributed by atoms with Crippen molar-refractivity contribution in [2.75, 3.05) is 26.3 Å². The third kappa shape index (κ3) is 4.06. The highest BCUT2D eigenvalue weighted by molar-refractivity contribution is 5.95. The average Bonchev–Trinajstić information content (AvgIpc) is 2.66. The number of carbonyl (C=O) groups is 1. The van der Waals surface area contributed by atoms with Gasteiger partial charge in [-0.1, -0.05) is 6.07 Å². The van der Waals surface area contributed by atoms with E-state index in [4.69, 9.17) is 9.47 Å². The summed E-state index contributed by atoms with van der Waals surface area (Å²) in [7, 11) is 0. The maximum Gasteiger partial charge on any atom is 0.254 e. The fourth-order valence-corrected chi connectivity index (χ4v) is 3.99. The summed E-state index contributed by atoms with van der Waals surface area (Å²) in [6, 6.07) is 10.3. The Hall–Kier alpha value is -2.60. The molecule has 2 fully saturated rings. The van der Waals surface area contributed by atoms with Crippen LogP contribution in [-0.2, 0) is 4.74 Å². The van der Waals surface area contributed by atoms with Crippen LogP contribution in [0.1, 0.15) is 29.6 Å². The van der Waals surface area contributed by atoms with Gasteiger partial charge in [-0.25, -0.2) is 0 Å². The van der Waals surface area contributed by atoms with Gasteiger partial charge in [0, 0.05) is 18.4 Å². The van der Waals surface area contributed by atoms with E-state index in [0.29, 0.717) is 31.2 Å². The van der Waals surface area contributed by atoms with Crippen molar-refractivity contribution in [3.63, 3.8) is 0 Å². The zero-order valence-electron chi connectivity index (χ0n) is 15.2. The third-order valence-electron chi connectivity index (χ3n) is 5.36. The van der Waals surface area contributed by atoms with Crippen LogP contribution in [0.5, 0.6) is 11.5 Å². The lowest BCUT2D eigenvalue weighted by molar-refractivity contribution is -0.166. The number of rotatable bonds is 5. The molecule has 3 heterocycles. The monoisotopic (exact) mass is 368 g/mol. The molecule has 1 aromatic carbocycles. The molecule has 6 nitrogen and oxygen atoms in total. The summed E-state index contributed by atoms with van der Waals surface area (Å²) in [5.74, 6) is 1.39. The second kappa shape index (κ2) is 7.56. The molecule has 1 N–H and O–H groups in total. The first-order chi connectivity index (χ1) is 13.1. The van der Waals surface area contributed by atoms with Gasteiger partial charge in [0.05, 0.1) is 25.9 Å². The van der Waals surface area contributed by atoms with Gasteiger partial charge in [0.2, 0.25) is 0 Å². The van der Waals surface area contributed by atoms with Crippen LogP contribution in [0.15, 0.2) is 48.8 Å². The lowest BCUT2D eigenvalue weighted by Crippen LogP contribution is -2.66. The topological polar surface area (TPSA) is 71.9 Å². The first-order valence-corrected chi connectivity index (χ1v) is 9.39. The van der Waals surface area contributed by atoms with E-state index in [0.717, 1.165) is 31.6 Å². The zero-order valence-corrected chi connectivity index (χ0v) is 15.2. The number of hydrogen-bond donors (Lipinski definition) is 1. The van der Waals surface area contributed by atoms with Crippen molar-refractivity contribution in [1.82, 2.24) is 9.88 Å². The summed E-state index contributed by atoms with van der Waals surface area (Å²) >= 11 is 0. The molecule has 0 bridgehead atoms. The smallest absolute Gasteiger partial charge is 0.254 e. The molecule has 0 saturated carbocycles. The Kier molecular flexibility index (Phi) is 4.99. The SMILES string of the molecule is O=C(c1cccc(O)c1)N1CC2(C[C@H](CCOc3cccnc3)CCO2)C1. The summed E-state index contributed by atoms with van der Waals surface area (Å²) in [6.07, 6.45) is 6.41. The Balaban J connectivity index is 1.27. The molecular formula is C21H24N2O4. The van der Waals surface area contributed by atoms with Gasteiger partial charge in [0.25, 0.3) is 5.91 Å². The molecule has 2 aliphatic heterocycles. The van der Waals surface area contributed by atoms with E-state index in [9.17, 15) is 9.90 Å². The maximum absolute atomic E-state index is 12.5. The summed E-state index contributed by atoms with van der Waals surface area (Å²) in [5, 5.41) is 9.56. The van der Waals surface area contributed by atoms with E-state index < -0.39 is 0 Å². The van der Waals surface area contributed by atoms with Crippen LogP contribution in [0.3, 0.4) is 0 Å². The Bertz CT molecular complexity index is 790. The predicted molar refractivity (Wildman–Crippen MR) is 99.8 cm³/mol. The van der Waals surface area contributed by atoms with E-state index >= 15 is 0 Å². The number of phenols is 1. The van der Waals surface area contributed by atoms with Gasteiger partial charge in [-0.05, 0) is 55.5 Å². The number of pyridine rings is 1.